The van der Waals surface area contributed by atoms with Crippen molar-refractivity contribution >= 4 is 29.0 Å². The van der Waals surface area contributed by atoms with Gasteiger partial charge in [-0.05, 0) is 23.8 Å². The van der Waals surface area contributed by atoms with Crippen LogP contribution in [-0.2, 0) is 5.75 Å². The number of nitrogens with two attached hydrogens (primary N) is 1. The number of thiocarbonyl (C=S) groups is 1. The summed E-state index contributed by atoms with van der Waals surface area (Å²) in [4.78, 5) is 0.613. The molecule has 0 unspecified atom stereocenters. The monoisotopic (exact) mass is 225 g/mol. The highest BCUT2D eigenvalue weighted by Gasteiger charge is 1.97. The molecular weight excluding hydrogens is 210 g/mol. The molecule has 0 aliphatic heterocycles. The van der Waals surface area contributed by atoms with Crippen molar-refractivity contribution in [3.05, 3.63) is 35.4 Å². The number of hydrogen-bond acceptors (Lipinski definition) is 2. The average molecular weight is 225 g/mol. The Morgan fingerprint density at radius 1 is 1.43 bits per heavy atom. The SMILES string of the molecule is Cc1ccccc1CSCCC(N)=S. The molecule has 14 heavy (non-hydrogen) atoms. The van der Waals surface area contributed by atoms with E-state index < -0.39 is 0 Å². The maximum atomic E-state index is 5.42. The Morgan fingerprint density at radius 2 is 2.14 bits per heavy atom. The topological polar surface area (TPSA) is 26.0 Å². The summed E-state index contributed by atoms with van der Waals surface area (Å²) in [5.74, 6) is 2.07. The minimum absolute atomic E-state index is 0.613. The molecule has 0 aliphatic rings. The number of thioether (sulfide) groups is 1. The molecule has 0 radical (unpaired) electrons. The summed E-state index contributed by atoms with van der Waals surface area (Å²) in [6, 6.07) is 8.46. The fourth-order valence-electron chi connectivity index (χ4n) is 1.13. The Labute approximate surface area is 95.1 Å². The third-order valence-electron chi connectivity index (χ3n) is 2.01. The van der Waals surface area contributed by atoms with Crippen molar-refractivity contribution < 1.29 is 0 Å². The van der Waals surface area contributed by atoms with E-state index in [-0.39, 0.29) is 0 Å². The van der Waals surface area contributed by atoms with Crippen molar-refractivity contribution in [2.24, 2.45) is 5.73 Å². The van der Waals surface area contributed by atoms with Gasteiger partial charge < -0.3 is 5.73 Å². The second-order valence-electron chi connectivity index (χ2n) is 3.20. The number of benzene rings is 1. The van der Waals surface area contributed by atoms with Crippen LogP contribution in [0.3, 0.4) is 0 Å². The lowest BCUT2D eigenvalue weighted by Gasteiger charge is -2.04. The zero-order valence-corrected chi connectivity index (χ0v) is 9.96. The van der Waals surface area contributed by atoms with Crippen molar-refractivity contribution in [3.63, 3.8) is 0 Å². The molecule has 0 heterocycles. The molecule has 0 saturated heterocycles. The van der Waals surface area contributed by atoms with Gasteiger partial charge in [0.25, 0.3) is 0 Å². The van der Waals surface area contributed by atoms with Crippen LogP contribution in [0.1, 0.15) is 17.5 Å². The van der Waals surface area contributed by atoms with E-state index in [1.54, 1.807) is 0 Å². The van der Waals surface area contributed by atoms with Crippen LogP contribution >= 0.6 is 24.0 Å². The number of rotatable bonds is 5. The normalized spacial score (nSPS) is 10.1. The van der Waals surface area contributed by atoms with Gasteiger partial charge in [0.1, 0.15) is 0 Å². The fraction of sp³-hybridized carbons (Fsp3) is 0.364. The molecule has 1 rings (SSSR count). The predicted octanol–water partition coefficient (Wildman–Crippen LogP) is 2.90. The summed E-state index contributed by atoms with van der Waals surface area (Å²) in [6.07, 6.45) is 0.839. The molecule has 0 amide bonds. The van der Waals surface area contributed by atoms with E-state index in [1.807, 2.05) is 11.8 Å². The van der Waals surface area contributed by atoms with Crippen LogP contribution in [-0.4, -0.2) is 10.7 Å². The van der Waals surface area contributed by atoms with Gasteiger partial charge in [0, 0.05) is 12.2 Å². The highest BCUT2D eigenvalue weighted by atomic mass is 32.2. The predicted molar refractivity (Wildman–Crippen MR) is 68.7 cm³/mol. The van der Waals surface area contributed by atoms with Gasteiger partial charge in [-0.2, -0.15) is 11.8 Å². The summed E-state index contributed by atoms with van der Waals surface area (Å²) in [5.41, 5.74) is 8.18. The van der Waals surface area contributed by atoms with E-state index >= 15 is 0 Å². The van der Waals surface area contributed by atoms with Gasteiger partial charge in [0.2, 0.25) is 0 Å². The number of hydrogen-bond donors (Lipinski definition) is 1. The molecule has 2 N–H and O–H groups in total. The van der Waals surface area contributed by atoms with Crippen LogP contribution in [0, 0.1) is 6.92 Å². The van der Waals surface area contributed by atoms with Gasteiger partial charge in [-0.15, -0.1) is 0 Å². The lowest BCUT2D eigenvalue weighted by Crippen LogP contribution is -2.08. The van der Waals surface area contributed by atoms with E-state index in [0.717, 1.165) is 17.9 Å². The van der Waals surface area contributed by atoms with E-state index in [1.165, 1.54) is 11.1 Å². The van der Waals surface area contributed by atoms with Crippen molar-refractivity contribution in [2.75, 3.05) is 5.75 Å². The van der Waals surface area contributed by atoms with E-state index in [0.29, 0.717) is 4.99 Å². The lowest BCUT2D eigenvalue weighted by atomic mass is 10.1. The molecular formula is C11H15NS2. The van der Waals surface area contributed by atoms with Crippen molar-refractivity contribution in [2.45, 2.75) is 19.1 Å². The third-order valence-corrected chi connectivity index (χ3v) is 3.22. The Hall–Kier alpha value is -0.540. The van der Waals surface area contributed by atoms with Gasteiger partial charge in [-0.25, -0.2) is 0 Å². The first-order valence-electron chi connectivity index (χ1n) is 4.60. The zero-order chi connectivity index (χ0) is 10.4. The Kier molecular flexibility index (Phi) is 4.98. The van der Waals surface area contributed by atoms with Crippen molar-refractivity contribution in [3.8, 4) is 0 Å². The van der Waals surface area contributed by atoms with Crippen LogP contribution < -0.4 is 5.73 Å². The van der Waals surface area contributed by atoms with Crippen molar-refractivity contribution in [1.29, 1.82) is 0 Å². The molecule has 0 atom stereocenters. The Bertz CT molecular complexity index is 310. The molecule has 1 aromatic carbocycles. The molecule has 0 aromatic heterocycles. The van der Waals surface area contributed by atoms with Crippen LogP contribution in [0.2, 0.25) is 0 Å². The Morgan fingerprint density at radius 3 is 2.79 bits per heavy atom. The maximum Gasteiger partial charge on any atom is 0.0735 e. The highest BCUT2D eigenvalue weighted by molar-refractivity contribution is 7.98. The first-order valence-corrected chi connectivity index (χ1v) is 6.17. The van der Waals surface area contributed by atoms with E-state index in [4.69, 9.17) is 18.0 Å². The maximum absolute atomic E-state index is 5.42. The molecule has 0 spiro atoms. The summed E-state index contributed by atoms with van der Waals surface area (Å²) in [5, 5.41) is 0. The second kappa shape index (κ2) is 6.04. The largest absolute Gasteiger partial charge is 0.393 e. The first-order chi connectivity index (χ1) is 6.70. The third kappa shape index (κ3) is 4.11. The molecule has 0 aliphatic carbocycles. The van der Waals surface area contributed by atoms with Gasteiger partial charge >= 0.3 is 0 Å². The summed E-state index contributed by atoms with van der Waals surface area (Å²) < 4.78 is 0. The molecule has 76 valence electrons. The van der Waals surface area contributed by atoms with Crippen LogP contribution in [0.25, 0.3) is 0 Å². The molecule has 0 bridgehead atoms. The van der Waals surface area contributed by atoms with Crippen molar-refractivity contribution in [1.82, 2.24) is 0 Å². The van der Waals surface area contributed by atoms with Gasteiger partial charge in [0.05, 0.1) is 4.99 Å². The fourth-order valence-corrected chi connectivity index (χ4v) is 2.41. The van der Waals surface area contributed by atoms with E-state index in [9.17, 15) is 0 Å². The number of aryl methyl sites for hydroxylation is 1. The average Bonchev–Trinajstić information content (AvgIpc) is 2.15. The lowest BCUT2D eigenvalue weighted by molar-refractivity contribution is 1.27. The van der Waals surface area contributed by atoms with Gasteiger partial charge in [0.15, 0.2) is 0 Å². The van der Waals surface area contributed by atoms with E-state index in [2.05, 4.69) is 31.2 Å². The standard InChI is InChI=1S/C11H15NS2/c1-9-4-2-3-5-10(9)8-14-7-6-11(12)13/h2-5H,6-8H2,1H3,(H2,12,13). The zero-order valence-electron chi connectivity index (χ0n) is 8.32. The summed E-state index contributed by atoms with van der Waals surface area (Å²) in [7, 11) is 0. The van der Waals surface area contributed by atoms with Crippen LogP contribution in [0.15, 0.2) is 24.3 Å². The first kappa shape index (κ1) is 11.5. The molecule has 0 fully saturated rings. The minimum atomic E-state index is 0.613. The molecule has 3 heteroatoms. The van der Waals surface area contributed by atoms with Crippen LogP contribution in [0.4, 0.5) is 0 Å². The van der Waals surface area contributed by atoms with Crippen LogP contribution in [0.5, 0.6) is 0 Å². The van der Waals surface area contributed by atoms with Gasteiger partial charge in [-0.3, -0.25) is 0 Å². The Balaban J connectivity index is 2.31. The second-order valence-corrected chi connectivity index (χ2v) is 4.82. The molecule has 1 aromatic rings. The molecule has 1 nitrogen and oxygen atoms in total. The summed E-state index contributed by atoms with van der Waals surface area (Å²) in [6.45, 7) is 2.14. The van der Waals surface area contributed by atoms with Gasteiger partial charge in [-0.1, -0.05) is 36.5 Å². The quantitative estimate of drug-likeness (QED) is 0.616. The summed E-state index contributed by atoms with van der Waals surface area (Å²) >= 11 is 6.70. The minimum Gasteiger partial charge on any atom is -0.393 e. The molecule has 0 saturated carbocycles. The highest BCUT2D eigenvalue weighted by Crippen LogP contribution is 2.16. The smallest absolute Gasteiger partial charge is 0.0735 e.